The first-order valence-corrected chi connectivity index (χ1v) is 7.78. The number of para-hydroxylation sites is 1. The number of halogens is 1. The van der Waals surface area contributed by atoms with Gasteiger partial charge < -0.3 is 9.64 Å². The van der Waals surface area contributed by atoms with Gasteiger partial charge in [0.15, 0.2) is 0 Å². The third-order valence-corrected chi connectivity index (χ3v) is 4.23. The molecule has 1 aromatic heterocycles. The zero-order valence-corrected chi connectivity index (χ0v) is 12.9. The van der Waals surface area contributed by atoms with Gasteiger partial charge in [-0.25, -0.2) is 5.10 Å². The molecule has 1 saturated heterocycles. The van der Waals surface area contributed by atoms with Crippen LogP contribution in [0.5, 0.6) is 5.75 Å². The van der Waals surface area contributed by atoms with Crippen molar-refractivity contribution in [2.75, 3.05) is 24.6 Å². The molecule has 22 heavy (non-hydrogen) atoms. The molecule has 3 rings (SSSR count). The lowest BCUT2D eigenvalue weighted by molar-refractivity contribution is 0.229. The van der Waals surface area contributed by atoms with Crippen LogP contribution in [0.25, 0.3) is 0 Å². The SMILES string of the molecule is O=c1[nH]ncc(N2CCCC(COc3ccccc3)C2)c1Cl. The summed E-state index contributed by atoms with van der Waals surface area (Å²) in [5, 5.41) is 6.40. The van der Waals surface area contributed by atoms with Gasteiger partial charge in [-0.1, -0.05) is 29.8 Å². The molecular formula is C16H18ClN3O2. The Morgan fingerprint density at radius 1 is 1.36 bits per heavy atom. The van der Waals surface area contributed by atoms with Crippen LogP contribution >= 0.6 is 11.6 Å². The highest BCUT2D eigenvalue weighted by atomic mass is 35.5. The van der Waals surface area contributed by atoms with E-state index in [1.807, 2.05) is 30.3 Å². The van der Waals surface area contributed by atoms with Crippen LogP contribution in [0.3, 0.4) is 0 Å². The molecule has 1 aromatic carbocycles. The molecule has 1 fully saturated rings. The summed E-state index contributed by atoms with van der Waals surface area (Å²) in [6.07, 6.45) is 3.77. The number of aromatic amines is 1. The minimum absolute atomic E-state index is 0.208. The first-order valence-electron chi connectivity index (χ1n) is 7.40. The Morgan fingerprint density at radius 3 is 3.00 bits per heavy atom. The van der Waals surface area contributed by atoms with E-state index in [9.17, 15) is 4.79 Å². The summed E-state index contributed by atoms with van der Waals surface area (Å²) in [4.78, 5) is 13.7. The monoisotopic (exact) mass is 319 g/mol. The van der Waals surface area contributed by atoms with Crippen molar-refractivity contribution in [1.29, 1.82) is 0 Å². The van der Waals surface area contributed by atoms with Gasteiger partial charge in [-0.2, -0.15) is 5.10 Å². The minimum atomic E-state index is -0.346. The number of rotatable bonds is 4. The van der Waals surface area contributed by atoms with E-state index in [1.165, 1.54) is 0 Å². The first kappa shape index (κ1) is 14.9. The van der Waals surface area contributed by atoms with Crippen molar-refractivity contribution in [2.24, 2.45) is 5.92 Å². The lowest BCUT2D eigenvalue weighted by atomic mass is 9.98. The van der Waals surface area contributed by atoms with Crippen LogP contribution in [-0.4, -0.2) is 29.9 Å². The van der Waals surface area contributed by atoms with Gasteiger partial charge in [0, 0.05) is 19.0 Å². The van der Waals surface area contributed by atoms with Crippen molar-refractivity contribution in [1.82, 2.24) is 10.2 Å². The third-order valence-electron chi connectivity index (χ3n) is 3.87. The number of nitrogens with zero attached hydrogens (tertiary/aromatic N) is 2. The summed E-state index contributed by atoms with van der Waals surface area (Å²) in [6, 6.07) is 9.81. The van der Waals surface area contributed by atoms with Crippen LogP contribution in [0.2, 0.25) is 5.02 Å². The van der Waals surface area contributed by atoms with Gasteiger partial charge in [0.25, 0.3) is 5.56 Å². The van der Waals surface area contributed by atoms with Gasteiger partial charge in [-0.3, -0.25) is 4.79 Å². The second-order valence-corrected chi connectivity index (χ2v) is 5.85. The average molecular weight is 320 g/mol. The van der Waals surface area contributed by atoms with E-state index < -0.39 is 0 Å². The van der Waals surface area contributed by atoms with Gasteiger partial charge in [0.2, 0.25) is 0 Å². The Balaban J connectivity index is 1.64. The molecule has 0 amide bonds. The van der Waals surface area contributed by atoms with Crippen molar-refractivity contribution in [2.45, 2.75) is 12.8 Å². The van der Waals surface area contributed by atoms with Crippen molar-refractivity contribution >= 4 is 17.3 Å². The Bertz CT molecular complexity index is 675. The van der Waals surface area contributed by atoms with E-state index >= 15 is 0 Å². The topological polar surface area (TPSA) is 58.2 Å². The van der Waals surface area contributed by atoms with Crippen LogP contribution in [-0.2, 0) is 0 Å². The Hall–Kier alpha value is -2.01. The van der Waals surface area contributed by atoms with Crippen molar-refractivity contribution < 1.29 is 4.74 Å². The molecule has 6 heteroatoms. The Labute approximate surface area is 133 Å². The molecule has 1 aliphatic heterocycles. The van der Waals surface area contributed by atoms with Gasteiger partial charge in [-0.15, -0.1) is 0 Å². The van der Waals surface area contributed by atoms with E-state index in [-0.39, 0.29) is 10.6 Å². The standard InChI is InChI=1S/C16H18ClN3O2/c17-15-14(9-18-19-16(15)21)20-8-4-5-12(10-20)11-22-13-6-2-1-3-7-13/h1-3,6-7,9,12H,4-5,8,10-11H2,(H,19,21). The lowest BCUT2D eigenvalue weighted by Gasteiger charge is -2.34. The molecule has 0 bridgehead atoms. The van der Waals surface area contributed by atoms with Crippen molar-refractivity contribution in [3.8, 4) is 5.75 Å². The van der Waals surface area contributed by atoms with E-state index in [2.05, 4.69) is 15.1 Å². The summed E-state index contributed by atoms with van der Waals surface area (Å²) in [5.74, 6) is 1.29. The van der Waals surface area contributed by atoms with Gasteiger partial charge in [0.1, 0.15) is 10.8 Å². The van der Waals surface area contributed by atoms with E-state index in [0.29, 0.717) is 18.2 Å². The number of aromatic nitrogens is 2. The van der Waals surface area contributed by atoms with Crippen molar-refractivity contribution in [3.05, 3.63) is 51.9 Å². The van der Waals surface area contributed by atoms with Crippen LogP contribution in [0.15, 0.2) is 41.3 Å². The van der Waals surface area contributed by atoms with Crippen LogP contribution < -0.4 is 15.2 Å². The second kappa shape index (κ2) is 6.83. The molecule has 0 radical (unpaired) electrons. The molecule has 2 heterocycles. The first-order chi connectivity index (χ1) is 10.7. The number of ether oxygens (including phenoxy) is 1. The number of hydrogen-bond donors (Lipinski definition) is 1. The molecule has 0 aliphatic carbocycles. The van der Waals surface area contributed by atoms with E-state index in [4.69, 9.17) is 16.3 Å². The lowest BCUT2D eigenvalue weighted by Crippen LogP contribution is -2.38. The molecule has 0 spiro atoms. The second-order valence-electron chi connectivity index (χ2n) is 5.48. The highest BCUT2D eigenvalue weighted by molar-refractivity contribution is 6.32. The summed E-state index contributed by atoms with van der Waals surface area (Å²) in [6.45, 7) is 2.36. The predicted octanol–water partition coefficient (Wildman–Crippen LogP) is 2.72. The maximum absolute atomic E-state index is 11.6. The normalized spacial score (nSPS) is 18.2. The van der Waals surface area contributed by atoms with Crippen molar-refractivity contribution in [3.63, 3.8) is 0 Å². The highest BCUT2D eigenvalue weighted by Crippen LogP contribution is 2.27. The number of hydrogen-bond acceptors (Lipinski definition) is 4. The minimum Gasteiger partial charge on any atom is -0.493 e. The highest BCUT2D eigenvalue weighted by Gasteiger charge is 2.23. The molecule has 5 nitrogen and oxygen atoms in total. The largest absolute Gasteiger partial charge is 0.493 e. The predicted molar refractivity (Wildman–Crippen MR) is 86.7 cm³/mol. The zero-order valence-electron chi connectivity index (χ0n) is 12.2. The van der Waals surface area contributed by atoms with Crippen LogP contribution in [0.4, 0.5) is 5.69 Å². The Morgan fingerprint density at radius 2 is 2.18 bits per heavy atom. The summed E-state index contributed by atoms with van der Waals surface area (Å²) < 4.78 is 5.84. The summed E-state index contributed by atoms with van der Waals surface area (Å²) >= 11 is 6.09. The number of H-pyrrole nitrogens is 1. The smallest absolute Gasteiger partial charge is 0.285 e. The molecular weight excluding hydrogens is 302 g/mol. The van der Waals surface area contributed by atoms with Gasteiger partial charge in [-0.05, 0) is 25.0 Å². The van der Waals surface area contributed by atoms with E-state index in [0.717, 1.165) is 31.7 Å². The quantitative estimate of drug-likeness (QED) is 0.941. The van der Waals surface area contributed by atoms with Crippen LogP contribution in [0.1, 0.15) is 12.8 Å². The maximum atomic E-state index is 11.6. The third kappa shape index (κ3) is 3.42. The fraction of sp³-hybridized carbons (Fsp3) is 0.375. The Kier molecular flexibility index (Phi) is 4.63. The molecule has 1 atom stereocenters. The van der Waals surface area contributed by atoms with E-state index in [1.54, 1.807) is 6.20 Å². The number of anilines is 1. The van der Waals surface area contributed by atoms with Crippen LogP contribution in [0, 0.1) is 5.92 Å². The molecule has 116 valence electrons. The molecule has 2 aromatic rings. The molecule has 1 aliphatic rings. The average Bonchev–Trinajstić information content (AvgIpc) is 2.57. The number of nitrogens with one attached hydrogen (secondary N) is 1. The van der Waals surface area contributed by atoms with Gasteiger partial charge >= 0.3 is 0 Å². The zero-order chi connectivity index (χ0) is 15.4. The summed E-state index contributed by atoms with van der Waals surface area (Å²) in [5.41, 5.74) is 0.358. The molecule has 0 saturated carbocycles. The van der Waals surface area contributed by atoms with Gasteiger partial charge in [0.05, 0.1) is 18.5 Å². The fourth-order valence-corrected chi connectivity index (χ4v) is 2.96. The molecule has 1 unspecified atom stereocenters. The summed E-state index contributed by atoms with van der Waals surface area (Å²) in [7, 11) is 0. The fourth-order valence-electron chi connectivity index (χ4n) is 2.75. The molecule has 1 N–H and O–H groups in total. The number of benzene rings is 1. The number of piperidine rings is 1. The maximum Gasteiger partial charge on any atom is 0.285 e.